The molecule has 0 aromatic heterocycles. The molecule has 0 atom stereocenters. The van der Waals surface area contributed by atoms with Gasteiger partial charge in [0.15, 0.2) is 0 Å². The van der Waals surface area contributed by atoms with Crippen LogP contribution in [0.25, 0.3) is 0 Å². The van der Waals surface area contributed by atoms with Gasteiger partial charge in [0, 0.05) is 13.3 Å². The lowest BCUT2D eigenvalue weighted by molar-refractivity contribution is 0.863. The summed E-state index contributed by atoms with van der Waals surface area (Å²) in [5, 5.41) is 0. The molecule has 1 rings (SSSR count). The van der Waals surface area contributed by atoms with Gasteiger partial charge in [-0.3, -0.25) is 4.99 Å². The zero-order valence-electron chi connectivity index (χ0n) is 9.76. The number of benzene rings is 1. The quantitative estimate of drug-likeness (QED) is 0.632. The summed E-state index contributed by atoms with van der Waals surface area (Å²) in [4.78, 5) is 4.08. The predicted octanol–water partition coefficient (Wildman–Crippen LogP) is 3.48. The highest BCUT2D eigenvalue weighted by molar-refractivity contribution is 5.82. The second-order valence-corrected chi connectivity index (χ2v) is 4.09. The number of nitrogens with zero attached hydrogens (tertiary/aromatic N) is 1. The molecular weight excluding hydrogens is 170 g/mol. The average Bonchev–Trinajstić information content (AvgIpc) is 2.12. The number of rotatable bonds is 2. The van der Waals surface area contributed by atoms with Crippen molar-refractivity contribution in [3.8, 4) is 0 Å². The first kappa shape index (κ1) is 11.0. The highest BCUT2D eigenvalue weighted by Gasteiger charge is 2.05. The van der Waals surface area contributed by atoms with Crippen molar-refractivity contribution >= 4 is 6.21 Å². The Bertz CT molecular complexity index is 348. The van der Waals surface area contributed by atoms with Crippen LogP contribution in [-0.2, 0) is 0 Å². The van der Waals surface area contributed by atoms with Crippen molar-refractivity contribution < 1.29 is 0 Å². The lowest BCUT2D eigenvalue weighted by Gasteiger charge is -2.11. The van der Waals surface area contributed by atoms with Crippen molar-refractivity contribution in [2.24, 2.45) is 4.99 Å². The molecule has 0 aliphatic rings. The number of aliphatic imine (C=N–C) groups is 1. The maximum absolute atomic E-state index is 4.08. The first-order valence-electron chi connectivity index (χ1n) is 5.09. The van der Waals surface area contributed by atoms with Crippen LogP contribution in [0, 0.1) is 13.8 Å². The van der Waals surface area contributed by atoms with Gasteiger partial charge in [-0.05, 0) is 48.1 Å². The molecule has 0 aliphatic heterocycles. The SMILES string of the molecule is C/N=C\c1cc(C(C)C)cc(C)c1C. The Morgan fingerprint density at radius 2 is 1.86 bits per heavy atom. The molecule has 0 radical (unpaired) electrons. The molecule has 0 fully saturated rings. The monoisotopic (exact) mass is 189 g/mol. The molecule has 0 bridgehead atoms. The Morgan fingerprint density at radius 1 is 1.21 bits per heavy atom. The van der Waals surface area contributed by atoms with Gasteiger partial charge >= 0.3 is 0 Å². The van der Waals surface area contributed by atoms with Crippen molar-refractivity contribution in [1.29, 1.82) is 0 Å². The van der Waals surface area contributed by atoms with Gasteiger partial charge in [0.05, 0.1) is 0 Å². The van der Waals surface area contributed by atoms with Crippen LogP contribution in [0.4, 0.5) is 0 Å². The zero-order chi connectivity index (χ0) is 10.7. The van der Waals surface area contributed by atoms with Gasteiger partial charge in [0.1, 0.15) is 0 Å². The summed E-state index contributed by atoms with van der Waals surface area (Å²) < 4.78 is 0. The van der Waals surface area contributed by atoms with E-state index >= 15 is 0 Å². The summed E-state index contributed by atoms with van der Waals surface area (Å²) in [6.07, 6.45) is 1.94. The van der Waals surface area contributed by atoms with E-state index < -0.39 is 0 Å². The summed E-state index contributed by atoms with van der Waals surface area (Å²) in [6, 6.07) is 4.51. The van der Waals surface area contributed by atoms with E-state index in [0.29, 0.717) is 5.92 Å². The van der Waals surface area contributed by atoms with Crippen LogP contribution < -0.4 is 0 Å². The summed E-state index contributed by atoms with van der Waals surface area (Å²) in [5.41, 5.74) is 5.32. The Morgan fingerprint density at radius 3 is 2.36 bits per heavy atom. The molecule has 0 heterocycles. The van der Waals surface area contributed by atoms with E-state index in [2.05, 4.69) is 44.8 Å². The number of hydrogen-bond donors (Lipinski definition) is 0. The van der Waals surface area contributed by atoms with Gasteiger partial charge in [-0.15, -0.1) is 0 Å². The van der Waals surface area contributed by atoms with Crippen LogP contribution in [-0.4, -0.2) is 13.3 Å². The molecule has 1 aromatic carbocycles. The van der Waals surface area contributed by atoms with E-state index in [0.717, 1.165) is 0 Å². The molecule has 0 spiro atoms. The van der Waals surface area contributed by atoms with E-state index in [4.69, 9.17) is 0 Å². The average molecular weight is 189 g/mol. The van der Waals surface area contributed by atoms with Gasteiger partial charge in [0.2, 0.25) is 0 Å². The van der Waals surface area contributed by atoms with E-state index in [9.17, 15) is 0 Å². The van der Waals surface area contributed by atoms with Gasteiger partial charge < -0.3 is 0 Å². The van der Waals surface area contributed by atoms with E-state index in [1.54, 1.807) is 0 Å². The maximum atomic E-state index is 4.08. The molecule has 1 aromatic rings. The van der Waals surface area contributed by atoms with Crippen molar-refractivity contribution in [2.45, 2.75) is 33.6 Å². The van der Waals surface area contributed by atoms with E-state index in [1.165, 1.54) is 22.3 Å². The van der Waals surface area contributed by atoms with E-state index in [-0.39, 0.29) is 0 Å². The minimum atomic E-state index is 0.582. The maximum Gasteiger partial charge on any atom is 0.0284 e. The molecular formula is C13H19N. The summed E-state index contributed by atoms with van der Waals surface area (Å²) in [6.45, 7) is 8.75. The van der Waals surface area contributed by atoms with Crippen LogP contribution >= 0.6 is 0 Å². The standard InChI is InChI=1S/C13H19N/c1-9(2)12-6-10(3)11(4)13(7-12)8-14-5/h6-9H,1-5H3/b14-8-. The predicted molar refractivity (Wildman–Crippen MR) is 63.5 cm³/mol. The van der Waals surface area contributed by atoms with Gasteiger partial charge in [-0.2, -0.15) is 0 Å². The van der Waals surface area contributed by atoms with Crippen LogP contribution in [0.3, 0.4) is 0 Å². The molecule has 0 aliphatic carbocycles. The Balaban J connectivity index is 3.28. The summed E-state index contributed by atoms with van der Waals surface area (Å²) in [7, 11) is 1.82. The fraction of sp³-hybridized carbons (Fsp3) is 0.462. The second-order valence-electron chi connectivity index (χ2n) is 4.09. The van der Waals surface area contributed by atoms with Crippen LogP contribution in [0.2, 0.25) is 0 Å². The topological polar surface area (TPSA) is 12.4 Å². The Kier molecular flexibility index (Phi) is 3.45. The Labute approximate surface area is 86.9 Å². The van der Waals surface area contributed by atoms with Crippen molar-refractivity contribution in [3.05, 3.63) is 34.4 Å². The minimum Gasteiger partial charge on any atom is -0.296 e. The smallest absolute Gasteiger partial charge is 0.0284 e. The highest BCUT2D eigenvalue weighted by atomic mass is 14.6. The number of hydrogen-bond acceptors (Lipinski definition) is 1. The highest BCUT2D eigenvalue weighted by Crippen LogP contribution is 2.21. The fourth-order valence-electron chi connectivity index (χ4n) is 1.52. The summed E-state index contributed by atoms with van der Waals surface area (Å²) in [5.74, 6) is 0.582. The van der Waals surface area contributed by atoms with Crippen molar-refractivity contribution in [1.82, 2.24) is 0 Å². The van der Waals surface area contributed by atoms with Crippen LogP contribution in [0.15, 0.2) is 17.1 Å². The van der Waals surface area contributed by atoms with Gasteiger partial charge in [0.25, 0.3) is 0 Å². The largest absolute Gasteiger partial charge is 0.296 e. The molecule has 0 N–H and O–H groups in total. The van der Waals surface area contributed by atoms with Gasteiger partial charge in [-0.25, -0.2) is 0 Å². The normalized spacial score (nSPS) is 11.6. The second kappa shape index (κ2) is 4.41. The van der Waals surface area contributed by atoms with Gasteiger partial charge in [-0.1, -0.05) is 19.9 Å². The number of aryl methyl sites for hydroxylation is 1. The third kappa shape index (κ3) is 2.22. The van der Waals surface area contributed by atoms with Crippen LogP contribution in [0.1, 0.15) is 42.0 Å². The third-order valence-electron chi connectivity index (χ3n) is 2.66. The molecule has 0 amide bonds. The summed E-state index contributed by atoms with van der Waals surface area (Å²) >= 11 is 0. The fourth-order valence-corrected chi connectivity index (χ4v) is 1.52. The van der Waals surface area contributed by atoms with E-state index in [1.807, 2.05) is 13.3 Å². The lowest BCUT2D eigenvalue weighted by Crippen LogP contribution is -1.96. The molecule has 14 heavy (non-hydrogen) atoms. The molecule has 1 heteroatoms. The first-order chi connectivity index (χ1) is 6.56. The zero-order valence-corrected chi connectivity index (χ0v) is 9.76. The molecule has 0 saturated carbocycles. The molecule has 0 saturated heterocycles. The molecule has 1 nitrogen and oxygen atoms in total. The first-order valence-corrected chi connectivity index (χ1v) is 5.09. The van der Waals surface area contributed by atoms with Crippen molar-refractivity contribution in [2.75, 3.05) is 7.05 Å². The lowest BCUT2D eigenvalue weighted by atomic mass is 9.94. The van der Waals surface area contributed by atoms with Crippen molar-refractivity contribution in [3.63, 3.8) is 0 Å². The van der Waals surface area contributed by atoms with Crippen LogP contribution in [0.5, 0.6) is 0 Å². The third-order valence-corrected chi connectivity index (χ3v) is 2.66. The Hall–Kier alpha value is -1.11. The minimum absolute atomic E-state index is 0.582. The molecule has 0 unspecified atom stereocenters. The molecule has 76 valence electrons.